The predicted octanol–water partition coefficient (Wildman–Crippen LogP) is 4.10. The summed E-state index contributed by atoms with van der Waals surface area (Å²) in [5, 5.41) is 20.5. The number of rotatable bonds is 5. The van der Waals surface area contributed by atoms with Gasteiger partial charge in [-0.3, -0.25) is 0 Å². The highest BCUT2D eigenvalue weighted by Gasteiger charge is 2.34. The smallest absolute Gasteiger partial charge is 0.128 e. The number of benzene rings is 2. The van der Waals surface area contributed by atoms with E-state index in [-0.39, 0.29) is 6.42 Å². The zero-order valence-corrected chi connectivity index (χ0v) is 12.6. The monoisotopic (exact) mass is 279 g/mol. The molecular weight excluding hydrogens is 258 g/mol. The zero-order valence-electron chi connectivity index (χ0n) is 12.6. The molecule has 0 aliphatic carbocycles. The standard InChI is InChI=1S/C19H21NO/c1-3-8-16-10-5-7-12-18(16)19(21,13-14-20)17-11-6-4-9-15(17)2/h4-7,9-12,21H,3,8,13H2,1-2H3. The Labute approximate surface area is 126 Å². The lowest BCUT2D eigenvalue weighted by Gasteiger charge is -2.30. The van der Waals surface area contributed by atoms with Gasteiger partial charge in [0.2, 0.25) is 0 Å². The number of hydrogen-bond donors (Lipinski definition) is 1. The molecule has 0 aliphatic heterocycles. The Hall–Kier alpha value is -2.11. The summed E-state index contributed by atoms with van der Waals surface area (Å²) >= 11 is 0. The first kappa shape index (κ1) is 15.3. The number of nitriles is 1. The van der Waals surface area contributed by atoms with Crippen LogP contribution in [0.2, 0.25) is 0 Å². The highest BCUT2D eigenvalue weighted by molar-refractivity contribution is 5.45. The van der Waals surface area contributed by atoms with Crippen molar-refractivity contribution >= 4 is 0 Å². The summed E-state index contributed by atoms with van der Waals surface area (Å²) in [5.41, 5.74) is 2.53. The van der Waals surface area contributed by atoms with E-state index < -0.39 is 5.60 Å². The fraction of sp³-hybridized carbons (Fsp3) is 0.316. The van der Waals surface area contributed by atoms with Crippen LogP contribution in [0.4, 0.5) is 0 Å². The molecule has 1 N–H and O–H groups in total. The van der Waals surface area contributed by atoms with E-state index in [0.717, 1.165) is 35.1 Å². The van der Waals surface area contributed by atoms with Crippen LogP contribution >= 0.6 is 0 Å². The molecule has 0 radical (unpaired) electrons. The number of aryl methyl sites for hydroxylation is 2. The molecular formula is C19H21NO. The molecule has 0 fully saturated rings. The average Bonchev–Trinajstić information content (AvgIpc) is 2.48. The van der Waals surface area contributed by atoms with Crippen molar-refractivity contribution in [2.75, 3.05) is 0 Å². The minimum absolute atomic E-state index is 0.0541. The Balaban J connectivity index is 2.64. The summed E-state index contributed by atoms with van der Waals surface area (Å²) in [6.45, 7) is 4.09. The van der Waals surface area contributed by atoms with Crippen LogP contribution in [0.15, 0.2) is 48.5 Å². The lowest BCUT2D eigenvalue weighted by atomic mass is 9.79. The first-order valence-electron chi connectivity index (χ1n) is 7.37. The minimum Gasteiger partial charge on any atom is -0.379 e. The molecule has 108 valence electrons. The van der Waals surface area contributed by atoms with E-state index in [9.17, 15) is 10.4 Å². The van der Waals surface area contributed by atoms with Crippen molar-refractivity contribution in [3.05, 3.63) is 70.8 Å². The molecule has 2 nitrogen and oxygen atoms in total. The fourth-order valence-corrected chi connectivity index (χ4v) is 2.90. The van der Waals surface area contributed by atoms with Gasteiger partial charge in [0.05, 0.1) is 12.5 Å². The van der Waals surface area contributed by atoms with E-state index >= 15 is 0 Å². The Bertz CT molecular complexity index is 657. The van der Waals surface area contributed by atoms with Crippen LogP contribution in [-0.2, 0) is 12.0 Å². The minimum atomic E-state index is -1.24. The third kappa shape index (κ3) is 2.99. The molecule has 2 rings (SSSR count). The van der Waals surface area contributed by atoms with Crippen LogP contribution in [0.3, 0.4) is 0 Å². The van der Waals surface area contributed by atoms with E-state index in [0.29, 0.717) is 0 Å². The van der Waals surface area contributed by atoms with Gasteiger partial charge in [-0.05, 0) is 35.6 Å². The van der Waals surface area contributed by atoms with Crippen LogP contribution in [0.25, 0.3) is 0 Å². The summed E-state index contributed by atoms with van der Waals surface area (Å²) in [7, 11) is 0. The maximum atomic E-state index is 11.3. The second kappa shape index (κ2) is 6.56. The van der Waals surface area contributed by atoms with Gasteiger partial charge in [-0.2, -0.15) is 5.26 Å². The topological polar surface area (TPSA) is 44.0 Å². The van der Waals surface area contributed by atoms with E-state index in [2.05, 4.69) is 13.0 Å². The van der Waals surface area contributed by atoms with Gasteiger partial charge >= 0.3 is 0 Å². The molecule has 2 aromatic rings. The van der Waals surface area contributed by atoms with Crippen LogP contribution in [0, 0.1) is 18.3 Å². The third-order valence-electron chi connectivity index (χ3n) is 3.91. The lowest BCUT2D eigenvalue weighted by molar-refractivity contribution is 0.0843. The van der Waals surface area contributed by atoms with Crippen molar-refractivity contribution in [2.45, 2.75) is 38.7 Å². The van der Waals surface area contributed by atoms with Gasteiger partial charge < -0.3 is 5.11 Å². The second-order valence-electron chi connectivity index (χ2n) is 5.42. The maximum absolute atomic E-state index is 11.3. The number of aliphatic hydroxyl groups is 1. The van der Waals surface area contributed by atoms with Gasteiger partial charge in [-0.15, -0.1) is 0 Å². The highest BCUT2D eigenvalue weighted by Crippen LogP contribution is 2.36. The lowest BCUT2D eigenvalue weighted by Crippen LogP contribution is -2.29. The molecule has 1 unspecified atom stereocenters. The summed E-state index contributed by atoms with van der Waals surface area (Å²) in [4.78, 5) is 0. The average molecular weight is 279 g/mol. The highest BCUT2D eigenvalue weighted by atomic mass is 16.3. The third-order valence-corrected chi connectivity index (χ3v) is 3.91. The number of hydrogen-bond acceptors (Lipinski definition) is 2. The van der Waals surface area contributed by atoms with Gasteiger partial charge in [-0.1, -0.05) is 61.9 Å². The van der Waals surface area contributed by atoms with Gasteiger partial charge in [0.1, 0.15) is 5.60 Å². The number of nitrogens with zero attached hydrogens (tertiary/aromatic N) is 1. The first-order valence-corrected chi connectivity index (χ1v) is 7.37. The molecule has 2 heteroatoms. The molecule has 0 amide bonds. The van der Waals surface area contributed by atoms with E-state index in [1.807, 2.05) is 55.5 Å². The molecule has 0 saturated carbocycles. The van der Waals surface area contributed by atoms with Crippen molar-refractivity contribution < 1.29 is 5.11 Å². The van der Waals surface area contributed by atoms with Crippen LogP contribution < -0.4 is 0 Å². The maximum Gasteiger partial charge on any atom is 0.128 e. The molecule has 21 heavy (non-hydrogen) atoms. The van der Waals surface area contributed by atoms with E-state index in [1.54, 1.807) is 0 Å². The Kier molecular flexibility index (Phi) is 4.77. The van der Waals surface area contributed by atoms with Crippen LogP contribution in [-0.4, -0.2) is 5.11 Å². The summed E-state index contributed by atoms with van der Waals surface area (Å²) < 4.78 is 0. The molecule has 0 aliphatic rings. The Morgan fingerprint density at radius 2 is 1.67 bits per heavy atom. The first-order chi connectivity index (χ1) is 10.1. The van der Waals surface area contributed by atoms with Crippen molar-refractivity contribution in [1.82, 2.24) is 0 Å². The van der Waals surface area contributed by atoms with Gasteiger partial charge in [0.25, 0.3) is 0 Å². The quantitative estimate of drug-likeness (QED) is 0.895. The SMILES string of the molecule is CCCc1ccccc1C(O)(CC#N)c1ccccc1C. The zero-order chi connectivity index (χ0) is 15.3. The van der Waals surface area contributed by atoms with Gasteiger partial charge in [0, 0.05) is 0 Å². The van der Waals surface area contributed by atoms with Gasteiger partial charge in [0.15, 0.2) is 0 Å². The summed E-state index contributed by atoms with van der Waals surface area (Å²) in [6, 6.07) is 17.8. The Morgan fingerprint density at radius 1 is 1.05 bits per heavy atom. The molecule has 0 bridgehead atoms. The second-order valence-corrected chi connectivity index (χ2v) is 5.42. The largest absolute Gasteiger partial charge is 0.379 e. The molecule has 2 aromatic carbocycles. The van der Waals surface area contributed by atoms with Crippen molar-refractivity contribution in [3.8, 4) is 6.07 Å². The molecule has 0 aromatic heterocycles. The predicted molar refractivity (Wildman–Crippen MR) is 84.8 cm³/mol. The summed E-state index contributed by atoms with van der Waals surface area (Å²) in [6.07, 6.45) is 1.96. The molecule has 1 atom stereocenters. The van der Waals surface area contributed by atoms with Gasteiger partial charge in [-0.25, -0.2) is 0 Å². The van der Waals surface area contributed by atoms with E-state index in [4.69, 9.17) is 0 Å². The normalized spacial score (nSPS) is 13.4. The fourth-order valence-electron chi connectivity index (χ4n) is 2.90. The van der Waals surface area contributed by atoms with Crippen molar-refractivity contribution in [2.24, 2.45) is 0 Å². The Morgan fingerprint density at radius 3 is 2.29 bits per heavy atom. The molecule has 0 saturated heterocycles. The van der Waals surface area contributed by atoms with Crippen molar-refractivity contribution in [1.29, 1.82) is 5.26 Å². The van der Waals surface area contributed by atoms with Crippen LogP contribution in [0.5, 0.6) is 0 Å². The molecule has 0 heterocycles. The van der Waals surface area contributed by atoms with Crippen LogP contribution in [0.1, 0.15) is 42.0 Å². The van der Waals surface area contributed by atoms with Crippen molar-refractivity contribution in [3.63, 3.8) is 0 Å². The molecule has 0 spiro atoms. The summed E-state index contributed by atoms with van der Waals surface area (Å²) in [5.74, 6) is 0. The van der Waals surface area contributed by atoms with E-state index in [1.165, 1.54) is 0 Å².